The van der Waals surface area contributed by atoms with Crippen LogP contribution in [0.4, 0.5) is 4.79 Å². The van der Waals surface area contributed by atoms with Crippen LogP contribution in [0.1, 0.15) is 36.3 Å². The molecule has 2 aliphatic carbocycles. The maximum absolute atomic E-state index is 12.6. The quantitative estimate of drug-likeness (QED) is 0.605. The minimum absolute atomic E-state index is 0.0371. The zero-order chi connectivity index (χ0) is 24.4. The topological polar surface area (TPSA) is 95.9 Å². The molecule has 2 N–H and O–H groups in total. The van der Waals surface area contributed by atoms with Crippen LogP contribution in [-0.4, -0.2) is 65.2 Å². The zero-order valence-electron chi connectivity index (χ0n) is 19.5. The molecule has 5 rings (SSSR count). The molecule has 2 aromatic rings. The lowest BCUT2D eigenvalue weighted by atomic mass is 9.73. The molecule has 0 spiro atoms. The van der Waals surface area contributed by atoms with Crippen molar-refractivity contribution in [2.45, 2.75) is 31.2 Å². The van der Waals surface area contributed by atoms with Crippen LogP contribution < -0.4 is 5.32 Å². The summed E-state index contributed by atoms with van der Waals surface area (Å²) in [5, 5.41) is 12.3. The molecule has 1 saturated carbocycles. The summed E-state index contributed by atoms with van der Waals surface area (Å²) >= 11 is 1.58. The number of benzene rings is 2. The Morgan fingerprint density at radius 3 is 2.31 bits per heavy atom. The number of carboxylic acid groups (broad SMARTS) is 1. The molecule has 1 atom stereocenters. The van der Waals surface area contributed by atoms with Crippen molar-refractivity contribution in [3.8, 4) is 11.1 Å². The van der Waals surface area contributed by atoms with Crippen LogP contribution in [-0.2, 0) is 14.3 Å². The number of rotatable bonds is 7. The van der Waals surface area contributed by atoms with Gasteiger partial charge in [0.05, 0.1) is 0 Å². The standard InChI is InChI=1S/C27H30N2O5S/c30-25(29-9-10-35-16-24(29)26(31)32)13-17-11-18(12-17)14-28-27(33)34-15-23-21-7-3-1-5-19(21)20-6-2-4-8-22(20)23/h1-8,17-18,23-24H,9-16H2,(H,28,33)(H,31,32). The molecular weight excluding hydrogens is 464 g/mol. The maximum atomic E-state index is 12.6. The first-order valence-corrected chi connectivity index (χ1v) is 13.4. The zero-order valence-corrected chi connectivity index (χ0v) is 20.3. The van der Waals surface area contributed by atoms with Crippen molar-refractivity contribution < 1.29 is 24.2 Å². The van der Waals surface area contributed by atoms with Gasteiger partial charge in [0.25, 0.3) is 0 Å². The van der Waals surface area contributed by atoms with Crippen molar-refractivity contribution in [2.24, 2.45) is 11.8 Å². The van der Waals surface area contributed by atoms with E-state index >= 15 is 0 Å². The van der Waals surface area contributed by atoms with E-state index in [0.29, 0.717) is 37.8 Å². The van der Waals surface area contributed by atoms with Crippen LogP contribution in [0.5, 0.6) is 0 Å². The van der Waals surface area contributed by atoms with E-state index in [1.54, 1.807) is 11.8 Å². The highest BCUT2D eigenvalue weighted by atomic mass is 32.2. The Morgan fingerprint density at radius 2 is 1.66 bits per heavy atom. The molecular formula is C27H30N2O5S. The Kier molecular flexibility index (Phi) is 7.00. The fourth-order valence-corrected chi connectivity index (χ4v) is 6.59. The van der Waals surface area contributed by atoms with Crippen LogP contribution in [0.3, 0.4) is 0 Å². The molecule has 0 bridgehead atoms. The SMILES string of the molecule is O=C(NCC1CC(CC(=O)N2CCSCC2C(=O)O)C1)OCC1c2ccccc2-c2ccccc21. The third-order valence-corrected chi connectivity index (χ3v) is 8.43. The molecule has 184 valence electrons. The number of carboxylic acids is 1. The van der Waals surface area contributed by atoms with Gasteiger partial charge >= 0.3 is 12.1 Å². The third kappa shape index (κ3) is 5.03. The lowest BCUT2D eigenvalue weighted by Crippen LogP contribution is -2.51. The Bertz CT molecular complexity index is 1070. The summed E-state index contributed by atoms with van der Waals surface area (Å²) in [7, 11) is 0. The van der Waals surface area contributed by atoms with E-state index in [2.05, 4.69) is 29.6 Å². The Balaban J connectivity index is 1.05. The number of fused-ring (bicyclic) bond motifs is 3. The lowest BCUT2D eigenvalue weighted by Gasteiger charge is -2.38. The monoisotopic (exact) mass is 494 g/mol. The molecule has 2 amide bonds. The molecule has 1 heterocycles. The predicted octanol–water partition coefficient (Wildman–Crippen LogP) is 3.97. The molecule has 0 aromatic heterocycles. The van der Waals surface area contributed by atoms with Gasteiger partial charge in [0.15, 0.2) is 0 Å². The van der Waals surface area contributed by atoms with Crippen molar-refractivity contribution in [3.05, 3.63) is 59.7 Å². The number of carbonyl (C=O) groups is 3. The van der Waals surface area contributed by atoms with Crippen molar-refractivity contribution in [1.29, 1.82) is 0 Å². The molecule has 1 saturated heterocycles. The lowest BCUT2D eigenvalue weighted by molar-refractivity contribution is -0.150. The van der Waals surface area contributed by atoms with E-state index in [0.717, 1.165) is 18.6 Å². The van der Waals surface area contributed by atoms with Crippen LogP contribution in [0.2, 0.25) is 0 Å². The van der Waals surface area contributed by atoms with Gasteiger partial charge in [-0.15, -0.1) is 0 Å². The van der Waals surface area contributed by atoms with Gasteiger partial charge in [-0.3, -0.25) is 4.79 Å². The van der Waals surface area contributed by atoms with E-state index < -0.39 is 18.1 Å². The fourth-order valence-electron chi connectivity index (χ4n) is 5.56. The van der Waals surface area contributed by atoms with Gasteiger partial charge < -0.3 is 20.1 Å². The highest BCUT2D eigenvalue weighted by Gasteiger charge is 2.37. The summed E-state index contributed by atoms with van der Waals surface area (Å²) in [5.41, 5.74) is 4.77. The Morgan fingerprint density at radius 1 is 1.00 bits per heavy atom. The van der Waals surface area contributed by atoms with E-state index in [4.69, 9.17) is 4.74 Å². The van der Waals surface area contributed by atoms with Gasteiger partial charge in [-0.1, -0.05) is 48.5 Å². The summed E-state index contributed by atoms with van der Waals surface area (Å²) in [6.45, 7) is 1.32. The molecule has 8 heteroatoms. The van der Waals surface area contributed by atoms with Crippen LogP contribution >= 0.6 is 11.8 Å². The molecule has 35 heavy (non-hydrogen) atoms. The van der Waals surface area contributed by atoms with Gasteiger partial charge in [-0.05, 0) is 46.9 Å². The minimum atomic E-state index is -0.927. The minimum Gasteiger partial charge on any atom is -0.480 e. The summed E-state index contributed by atoms with van der Waals surface area (Å²) in [6, 6.07) is 15.8. The Hall–Kier alpha value is -3.00. The van der Waals surface area contributed by atoms with E-state index in [1.165, 1.54) is 27.2 Å². The first kappa shape index (κ1) is 23.7. The molecule has 2 fully saturated rings. The number of nitrogens with one attached hydrogen (secondary N) is 1. The second kappa shape index (κ2) is 10.3. The number of aliphatic carboxylic acids is 1. The van der Waals surface area contributed by atoms with E-state index in [-0.39, 0.29) is 17.7 Å². The number of amides is 2. The second-order valence-corrected chi connectivity index (χ2v) is 10.8. The number of hydrogen-bond acceptors (Lipinski definition) is 5. The summed E-state index contributed by atoms with van der Waals surface area (Å²) in [6.07, 6.45) is 1.68. The predicted molar refractivity (Wildman–Crippen MR) is 134 cm³/mol. The number of thioether (sulfide) groups is 1. The van der Waals surface area contributed by atoms with Crippen molar-refractivity contribution in [1.82, 2.24) is 10.2 Å². The van der Waals surface area contributed by atoms with Crippen LogP contribution in [0, 0.1) is 11.8 Å². The highest BCUT2D eigenvalue weighted by molar-refractivity contribution is 7.99. The largest absolute Gasteiger partial charge is 0.480 e. The molecule has 1 aliphatic heterocycles. The van der Waals surface area contributed by atoms with Crippen LogP contribution in [0.15, 0.2) is 48.5 Å². The fraction of sp³-hybridized carbons (Fsp3) is 0.444. The van der Waals surface area contributed by atoms with Gasteiger partial charge in [-0.25, -0.2) is 9.59 Å². The van der Waals surface area contributed by atoms with E-state index in [1.807, 2.05) is 24.3 Å². The molecule has 0 radical (unpaired) electrons. The number of carbonyl (C=O) groups excluding carboxylic acids is 2. The summed E-state index contributed by atoms with van der Waals surface area (Å²) < 4.78 is 5.60. The smallest absolute Gasteiger partial charge is 0.407 e. The molecule has 2 aromatic carbocycles. The molecule has 3 aliphatic rings. The third-order valence-electron chi connectivity index (χ3n) is 7.41. The molecule has 1 unspecified atom stereocenters. The Labute approximate surface area is 209 Å². The number of nitrogens with zero attached hydrogens (tertiary/aromatic N) is 1. The van der Waals surface area contributed by atoms with Crippen molar-refractivity contribution >= 4 is 29.7 Å². The second-order valence-electron chi connectivity index (χ2n) is 9.63. The van der Waals surface area contributed by atoms with Crippen LogP contribution in [0.25, 0.3) is 11.1 Å². The summed E-state index contributed by atoms with van der Waals surface area (Å²) in [4.78, 5) is 38.0. The number of alkyl carbamates (subject to hydrolysis) is 1. The first-order chi connectivity index (χ1) is 17.0. The van der Waals surface area contributed by atoms with Gasteiger partial charge in [0.2, 0.25) is 5.91 Å². The van der Waals surface area contributed by atoms with Gasteiger partial charge in [0.1, 0.15) is 12.6 Å². The average molecular weight is 495 g/mol. The number of ether oxygens (including phenoxy) is 1. The number of hydrogen-bond donors (Lipinski definition) is 2. The van der Waals surface area contributed by atoms with Crippen molar-refractivity contribution in [3.63, 3.8) is 0 Å². The average Bonchev–Trinajstić information content (AvgIpc) is 3.17. The normalized spacial score (nSPS) is 23.1. The first-order valence-electron chi connectivity index (χ1n) is 12.2. The maximum Gasteiger partial charge on any atom is 0.407 e. The van der Waals surface area contributed by atoms with Crippen molar-refractivity contribution in [2.75, 3.05) is 31.2 Å². The summed E-state index contributed by atoms with van der Waals surface area (Å²) in [5.74, 6) is 0.858. The van der Waals surface area contributed by atoms with Gasteiger partial charge in [0, 0.05) is 36.9 Å². The molecule has 7 nitrogen and oxygen atoms in total. The van der Waals surface area contributed by atoms with Gasteiger partial charge in [-0.2, -0.15) is 11.8 Å². The highest BCUT2D eigenvalue weighted by Crippen LogP contribution is 2.44. The van der Waals surface area contributed by atoms with E-state index in [9.17, 15) is 19.5 Å².